The summed E-state index contributed by atoms with van der Waals surface area (Å²) < 4.78 is 68.7. The van der Waals surface area contributed by atoms with Crippen LogP contribution < -0.4 is 0 Å². The third-order valence-electron chi connectivity index (χ3n) is 20.3. The molecule has 5 unspecified atom stereocenters. The molecule has 0 heterocycles. The van der Waals surface area contributed by atoms with E-state index in [9.17, 15) is 43.2 Å². The summed E-state index contributed by atoms with van der Waals surface area (Å²) in [7, 11) is -9.92. The van der Waals surface area contributed by atoms with Crippen molar-refractivity contribution < 1.29 is 80.2 Å². The van der Waals surface area contributed by atoms with Crippen molar-refractivity contribution in [2.24, 2.45) is 23.7 Å². The quantitative estimate of drug-likeness (QED) is 0.0222. The van der Waals surface area contributed by atoms with Crippen molar-refractivity contribution in [1.82, 2.24) is 0 Å². The standard InChI is InChI=1S/C84H164O17P2/c1-9-76(7)62-54-46-37-31-27-23-19-15-11-13-17-21-25-29-33-39-48-56-64-81(86)94-70-79(100-83(88)66-58-50-40-34-30-26-22-18-14-12-16-20-24-28-32-38-47-55-63-77(8)10-2)72-98-102(90,91)96-68-78(85)69-97-103(92,93)99-73-80(101-84(89)67-59-51-43-42-45-53-61-75(5)6)71-95-82(87)65-57-49-41-35-36-44-52-60-74(3)4/h74-80,85H,9-73H2,1-8H3,(H,90,91)(H,92,93)/t76?,77?,78?,79-,80-/m1/s1. The van der Waals surface area contributed by atoms with E-state index in [-0.39, 0.29) is 25.7 Å². The van der Waals surface area contributed by atoms with Crippen molar-refractivity contribution in [3.63, 3.8) is 0 Å². The summed E-state index contributed by atoms with van der Waals surface area (Å²) in [6, 6.07) is 0. The molecule has 0 spiro atoms. The van der Waals surface area contributed by atoms with Gasteiger partial charge in [-0.1, -0.05) is 383 Å². The lowest BCUT2D eigenvalue weighted by atomic mass is 9.99. The Morgan fingerprint density at radius 3 is 0.689 bits per heavy atom. The average Bonchev–Trinajstić information content (AvgIpc) is 0.919. The molecule has 0 radical (unpaired) electrons. The van der Waals surface area contributed by atoms with Gasteiger partial charge in [-0.15, -0.1) is 0 Å². The molecule has 0 saturated carbocycles. The minimum atomic E-state index is -4.96. The molecule has 0 aliphatic heterocycles. The zero-order valence-corrected chi connectivity index (χ0v) is 69.7. The summed E-state index contributed by atoms with van der Waals surface area (Å²) in [6.45, 7) is 14.2. The second-order valence-corrected chi connectivity index (χ2v) is 34.6. The number of carbonyl (C=O) groups excluding carboxylic acids is 4. The van der Waals surface area contributed by atoms with Gasteiger partial charge >= 0.3 is 39.5 Å². The number of phosphoric ester groups is 2. The van der Waals surface area contributed by atoms with Gasteiger partial charge in [0, 0.05) is 25.7 Å². The van der Waals surface area contributed by atoms with Crippen molar-refractivity contribution in [1.29, 1.82) is 0 Å². The van der Waals surface area contributed by atoms with Gasteiger partial charge in [-0.2, -0.15) is 0 Å². The fourth-order valence-electron chi connectivity index (χ4n) is 12.9. The Morgan fingerprint density at radius 1 is 0.272 bits per heavy atom. The van der Waals surface area contributed by atoms with Crippen molar-refractivity contribution in [2.75, 3.05) is 39.6 Å². The number of ether oxygens (including phenoxy) is 4. The number of carbonyl (C=O) groups is 4. The normalized spacial score (nSPS) is 14.5. The Kier molecular flexibility index (Phi) is 71.5. The highest BCUT2D eigenvalue weighted by Gasteiger charge is 2.30. The van der Waals surface area contributed by atoms with Crippen molar-refractivity contribution >= 4 is 39.5 Å². The van der Waals surface area contributed by atoms with E-state index in [1.54, 1.807) is 0 Å². The van der Waals surface area contributed by atoms with Crippen LogP contribution in [0, 0.1) is 23.7 Å². The van der Waals surface area contributed by atoms with Crippen molar-refractivity contribution in [3.05, 3.63) is 0 Å². The first-order valence-electron chi connectivity index (χ1n) is 43.3. The van der Waals surface area contributed by atoms with Crippen LogP contribution in [0.25, 0.3) is 0 Å². The van der Waals surface area contributed by atoms with E-state index >= 15 is 0 Å². The maximum atomic E-state index is 13.1. The fraction of sp³-hybridized carbons (Fsp3) is 0.952. The number of phosphoric acid groups is 2. The SMILES string of the molecule is CCC(C)CCCCCCCCCCCCCCCCCCCCC(=O)OC[C@H](COP(=O)(O)OCC(O)COP(=O)(O)OC[C@@H](COC(=O)CCCCCCCCCC(C)C)OC(=O)CCCCCCCCC(C)C)OC(=O)CCCCCCCCCCCCCCCCCCCCC(C)CC. The largest absolute Gasteiger partial charge is 0.472 e. The molecule has 0 aromatic heterocycles. The Labute approximate surface area is 632 Å². The Bertz CT molecular complexity index is 2010. The predicted molar refractivity (Wildman–Crippen MR) is 423 cm³/mol. The zero-order valence-electron chi connectivity index (χ0n) is 68.0. The second kappa shape index (κ2) is 72.9. The first-order valence-corrected chi connectivity index (χ1v) is 46.3. The summed E-state index contributed by atoms with van der Waals surface area (Å²) in [4.78, 5) is 73.0. The summed E-state index contributed by atoms with van der Waals surface area (Å²) in [6.07, 6.45) is 61.6. The number of aliphatic hydroxyl groups is 1. The van der Waals surface area contributed by atoms with E-state index in [1.807, 2.05) is 0 Å². The van der Waals surface area contributed by atoms with Gasteiger partial charge in [-0.3, -0.25) is 37.3 Å². The molecular formula is C84H164O17P2. The van der Waals surface area contributed by atoms with E-state index in [1.165, 1.54) is 231 Å². The number of aliphatic hydroxyl groups excluding tert-OH is 1. The van der Waals surface area contributed by atoms with Crippen LogP contribution in [0.5, 0.6) is 0 Å². The predicted octanol–water partition coefficient (Wildman–Crippen LogP) is 25.2. The zero-order chi connectivity index (χ0) is 76.0. The molecule has 19 heteroatoms. The Morgan fingerprint density at radius 2 is 0.466 bits per heavy atom. The number of hydrogen-bond acceptors (Lipinski definition) is 15. The van der Waals surface area contributed by atoms with Crippen LogP contribution in [0.4, 0.5) is 0 Å². The summed E-state index contributed by atoms with van der Waals surface area (Å²) in [5.74, 6) is 1.00. The van der Waals surface area contributed by atoms with E-state index in [0.29, 0.717) is 37.5 Å². The van der Waals surface area contributed by atoms with Crippen LogP contribution >= 0.6 is 15.6 Å². The highest BCUT2D eigenvalue weighted by molar-refractivity contribution is 7.47. The van der Waals surface area contributed by atoms with Crippen LogP contribution in [-0.4, -0.2) is 96.7 Å². The molecular weight excluding hydrogens is 1340 g/mol. The maximum Gasteiger partial charge on any atom is 0.472 e. The summed E-state index contributed by atoms with van der Waals surface area (Å²) in [5, 5.41) is 10.6. The number of esters is 4. The van der Waals surface area contributed by atoms with Gasteiger partial charge in [-0.05, 0) is 49.4 Å². The highest BCUT2D eigenvalue weighted by Crippen LogP contribution is 2.45. The lowest BCUT2D eigenvalue weighted by Gasteiger charge is -2.21. The van der Waals surface area contributed by atoms with Crippen LogP contribution in [0.15, 0.2) is 0 Å². The average molecular weight is 1510 g/mol. The molecule has 0 aliphatic rings. The van der Waals surface area contributed by atoms with E-state index < -0.39 is 97.5 Å². The molecule has 7 atom stereocenters. The van der Waals surface area contributed by atoms with Gasteiger partial charge in [0.15, 0.2) is 12.2 Å². The van der Waals surface area contributed by atoms with E-state index in [4.69, 9.17) is 37.0 Å². The van der Waals surface area contributed by atoms with Crippen molar-refractivity contribution in [2.45, 2.75) is 453 Å². The Hall–Kier alpha value is -1.94. The molecule has 0 amide bonds. The summed E-state index contributed by atoms with van der Waals surface area (Å²) >= 11 is 0. The van der Waals surface area contributed by atoms with Crippen molar-refractivity contribution in [3.8, 4) is 0 Å². The van der Waals surface area contributed by atoms with Gasteiger partial charge < -0.3 is 33.8 Å². The molecule has 612 valence electrons. The molecule has 0 aromatic carbocycles. The van der Waals surface area contributed by atoms with Gasteiger partial charge in [-0.25, -0.2) is 9.13 Å². The summed E-state index contributed by atoms with van der Waals surface area (Å²) in [5.41, 5.74) is 0. The molecule has 0 bridgehead atoms. The Balaban J connectivity index is 5.16. The molecule has 103 heavy (non-hydrogen) atoms. The van der Waals surface area contributed by atoms with Crippen LogP contribution in [0.3, 0.4) is 0 Å². The molecule has 0 aliphatic carbocycles. The van der Waals surface area contributed by atoms with E-state index in [0.717, 1.165) is 108 Å². The van der Waals surface area contributed by atoms with Gasteiger partial charge in [0.05, 0.1) is 26.4 Å². The first-order chi connectivity index (χ1) is 49.7. The van der Waals surface area contributed by atoms with Crippen LogP contribution in [0.1, 0.15) is 434 Å². The molecule has 0 fully saturated rings. The maximum absolute atomic E-state index is 13.1. The third-order valence-corrected chi connectivity index (χ3v) is 22.2. The minimum absolute atomic E-state index is 0.101. The molecule has 0 rings (SSSR count). The fourth-order valence-corrected chi connectivity index (χ4v) is 14.5. The highest BCUT2D eigenvalue weighted by atomic mass is 31.2. The molecule has 0 saturated heterocycles. The smallest absolute Gasteiger partial charge is 0.462 e. The minimum Gasteiger partial charge on any atom is -0.462 e. The lowest BCUT2D eigenvalue weighted by molar-refractivity contribution is -0.161. The monoisotopic (exact) mass is 1510 g/mol. The van der Waals surface area contributed by atoms with Gasteiger partial charge in [0.1, 0.15) is 19.3 Å². The number of hydrogen-bond donors (Lipinski definition) is 3. The third kappa shape index (κ3) is 75.3. The van der Waals surface area contributed by atoms with Crippen LogP contribution in [0.2, 0.25) is 0 Å². The molecule has 0 aromatic rings. The van der Waals surface area contributed by atoms with E-state index in [2.05, 4.69) is 55.4 Å². The second-order valence-electron chi connectivity index (χ2n) is 31.7. The number of unbranched alkanes of at least 4 members (excludes halogenated alkanes) is 45. The number of rotatable bonds is 81. The van der Waals surface area contributed by atoms with Gasteiger partial charge in [0.2, 0.25) is 0 Å². The lowest BCUT2D eigenvalue weighted by Crippen LogP contribution is -2.30. The molecule has 17 nitrogen and oxygen atoms in total. The van der Waals surface area contributed by atoms with Crippen LogP contribution in [-0.2, 0) is 65.4 Å². The first kappa shape index (κ1) is 101. The molecule has 3 N–H and O–H groups in total. The van der Waals surface area contributed by atoms with Gasteiger partial charge in [0.25, 0.3) is 0 Å². The topological polar surface area (TPSA) is 237 Å².